The fraction of sp³-hybridized carbons (Fsp3) is 0.235. The van der Waals surface area contributed by atoms with Crippen LogP contribution in [0.1, 0.15) is 22.2 Å². The molecule has 138 valence electrons. The first-order valence-corrected chi connectivity index (χ1v) is 9.65. The molecule has 1 aromatic carbocycles. The molecule has 1 heterocycles. The summed E-state index contributed by atoms with van der Waals surface area (Å²) in [6, 6.07) is 7.88. The first-order valence-electron chi connectivity index (χ1n) is 7.66. The van der Waals surface area contributed by atoms with E-state index in [1.807, 2.05) is 13.0 Å². The van der Waals surface area contributed by atoms with Crippen LogP contribution < -0.4 is 16.0 Å². The molecule has 2 rings (SSSR count). The molecule has 1 atom stereocenters. The van der Waals surface area contributed by atoms with Gasteiger partial charge in [-0.1, -0.05) is 17.7 Å². The molecular weight excluding hydrogens is 442 g/mol. The van der Waals surface area contributed by atoms with E-state index in [1.165, 1.54) is 11.3 Å². The van der Waals surface area contributed by atoms with Crippen molar-refractivity contribution in [3.8, 4) is 0 Å². The van der Waals surface area contributed by atoms with Gasteiger partial charge in [-0.05, 0) is 59.6 Å². The van der Waals surface area contributed by atoms with Crippen LogP contribution in [-0.2, 0) is 9.59 Å². The summed E-state index contributed by atoms with van der Waals surface area (Å²) in [5, 5.41) is 8.11. The molecule has 0 aliphatic heterocycles. The van der Waals surface area contributed by atoms with E-state index in [2.05, 4.69) is 31.9 Å². The van der Waals surface area contributed by atoms with E-state index in [1.54, 1.807) is 31.2 Å². The van der Waals surface area contributed by atoms with Crippen molar-refractivity contribution in [2.24, 2.45) is 0 Å². The SMILES string of the molecule is Cc1ccc(NC(=O)CNC(=O)C(C)NC(=O)c2ccc(Br)s2)c(Cl)c1. The topological polar surface area (TPSA) is 87.3 Å². The molecule has 0 aliphatic rings. The van der Waals surface area contributed by atoms with Gasteiger partial charge in [0.1, 0.15) is 6.04 Å². The maximum atomic E-state index is 12.0. The number of hydrogen-bond acceptors (Lipinski definition) is 4. The molecular formula is C17H17BrClN3O3S. The van der Waals surface area contributed by atoms with Crippen molar-refractivity contribution < 1.29 is 14.4 Å². The maximum Gasteiger partial charge on any atom is 0.262 e. The van der Waals surface area contributed by atoms with Crippen molar-refractivity contribution >= 4 is 62.3 Å². The molecule has 26 heavy (non-hydrogen) atoms. The predicted octanol–water partition coefficient (Wildman–Crippen LogP) is 3.35. The van der Waals surface area contributed by atoms with Crippen molar-refractivity contribution in [1.29, 1.82) is 0 Å². The van der Waals surface area contributed by atoms with Gasteiger partial charge in [-0.2, -0.15) is 0 Å². The van der Waals surface area contributed by atoms with Crippen LogP contribution in [-0.4, -0.2) is 30.3 Å². The lowest BCUT2D eigenvalue weighted by atomic mass is 10.2. The zero-order valence-electron chi connectivity index (χ0n) is 14.1. The Balaban J connectivity index is 1.81. The number of halogens is 2. The van der Waals surface area contributed by atoms with Crippen LogP contribution in [0.15, 0.2) is 34.1 Å². The monoisotopic (exact) mass is 457 g/mol. The van der Waals surface area contributed by atoms with Crippen LogP contribution in [0.4, 0.5) is 5.69 Å². The zero-order chi connectivity index (χ0) is 19.3. The fourth-order valence-corrected chi connectivity index (χ4v) is 3.58. The van der Waals surface area contributed by atoms with E-state index in [4.69, 9.17) is 11.6 Å². The van der Waals surface area contributed by atoms with Gasteiger partial charge in [0.05, 0.1) is 25.9 Å². The van der Waals surface area contributed by atoms with Crippen LogP contribution in [0, 0.1) is 6.92 Å². The summed E-state index contributed by atoms with van der Waals surface area (Å²) in [4.78, 5) is 36.5. The van der Waals surface area contributed by atoms with Crippen LogP contribution in [0.3, 0.4) is 0 Å². The highest BCUT2D eigenvalue weighted by atomic mass is 79.9. The minimum Gasteiger partial charge on any atom is -0.345 e. The number of carbonyl (C=O) groups excluding carboxylic acids is 3. The van der Waals surface area contributed by atoms with Gasteiger partial charge < -0.3 is 16.0 Å². The summed E-state index contributed by atoms with van der Waals surface area (Å²) < 4.78 is 0.825. The lowest BCUT2D eigenvalue weighted by Crippen LogP contribution is -2.46. The van der Waals surface area contributed by atoms with Gasteiger partial charge in [0.2, 0.25) is 11.8 Å². The van der Waals surface area contributed by atoms with Crippen molar-refractivity contribution in [3.05, 3.63) is 49.6 Å². The van der Waals surface area contributed by atoms with E-state index >= 15 is 0 Å². The lowest BCUT2D eigenvalue weighted by Gasteiger charge is -2.14. The molecule has 0 saturated heterocycles. The molecule has 6 nitrogen and oxygen atoms in total. The highest BCUT2D eigenvalue weighted by molar-refractivity contribution is 9.11. The van der Waals surface area contributed by atoms with E-state index in [-0.39, 0.29) is 12.5 Å². The Kier molecular flexibility index (Phi) is 7.19. The number of nitrogens with one attached hydrogen (secondary N) is 3. The number of benzene rings is 1. The second kappa shape index (κ2) is 9.16. The summed E-state index contributed by atoms with van der Waals surface area (Å²) in [6.07, 6.45) is 0. The Labute approximate surface area is 168 Å². The number of thiophene rings is 1. The first-order chi connectivity index (χ1) is 12.3. The molecule has 0 bridgehead atoms. The number of rotatable bonds is 6. The summed E-state index contributed by atoms with van der Waals surface area (Å²) in [5.74, 6) is -1.22. The van der Waals surface area contributed by atoms with Crippen LogP contribution in [0.5, 0.6) is 0 Å². The molecule has 2 aromatic rings. The van der Waals surface area contributed by atoms with E-state index in [0.29, 0.717) is 15.6 Å². The molecule has 0 aliphatic carbocycles. The zero-order valence-corrected chi connectivity index (χ0v) is 17.2. The van der Waals surface area contributed by atoms with Crippen LogP contribution in [0.25, 0.3) is 0 Å². The third-order valence-electron chi connectivity index (χ3n) is 3.36. The van der Waals surface area contributed by atoms with Crippen LogP contribution in [0.2, 0.25) is 5.02 Å². The van der Waals surface area contributed by atoms with Gasteiger partial charge >= 0.3 is 0 Å². The Morgan fingerprint density at radius 3 is 2.58 bits per heavy atom. The normalized spacial score (nSPS) is 11.5. The average molecular weight is 459 g/mol. The molecule has 0 fully saturated rings. The third-order valence-corrected chi connectivity index (χ3v) is 5.29. The smallest absolute Gasteiger partial charge is 0.262 e. The van der Waals surface area contributed by atoms with E-state index in [9.17, 15) is 14.4 Å². The average Bonchev–Trinajstić information content (AvgIpc) is 3.01. The molecule has 1 aromatic heterocycles. The van der Waals surface area contributed by atoms with Gasteiger partial charge in [0.25, 0.3) is 5.91 Å². The minimum absolute atomic E-state index is 0.228. The molecule has 0 radical (unpaired) electrons. The largest absolute Gasteiger partial charge is 0.345 e. The van der Waals surface area contributed by atoms with Crippen molar-refractivity contribution in [2.45, 2.75) is 19.9 Å². The number of amides is 3. The number of hydrogen-bond donors (Lipinski definition) is 3. The minimum atomic E-state index is -0.779. The summed E-state index contributed by atoms with van der Waals surface area (Å²) in [7, 11) is 0. The highest BCUT2D eigenvalue weighted by Gasteiger charge is 2.18. The Bertz CT molecular complexity index is 840. The van der Waals surface area contributed by atoms with Gasteiger partial charge in [-0.15, -0.1) is 11.3 Å². The maximum absolute atomic E-state index is 12.0. The first kappa shape index (κ1) is 20.4. The fourth-order valence-electron chi connectivity index (χ4n) is 2.01. The van der Waals surface area contributed by atoms with Crippen molar-refractivity contribution in [1.82, 2.24) is 10.6 Å². The Morgan fingerprint density at radius 1 is 1.23 bits per heavy atom. The highest BCUT2D eigenvalue weighted by Crippen LogP contribution is 2.23. The summed E-state index contributed by atoms with van der Waals surface area (Å²) in [5.41, 5.74) is 1.45. The van der Waals surface area contributed by atoms with E-state index in [0.717, 1.165) is 9.35 Å². The van der Waals surface area contributed by atoms with Crippen LogP contribution >= 0.6 is 38.9 Å². The molecule has 0 saturated carbocycles. The Morgan fingerprint density at radius 2 is 1.96 bits per heavy atom. The van der Waals surface area contributed by atoms with E-state index < -0.39 is 17.9 Å². The standard InChI is InChI=1S/C17H17BrClN3O3S/c1-9-3-4-12(11(19)7-9)22-15(23)8-20-16(24)10(2)21-17(25)13-5-6-14(18)26-13/h3-7,10H,8H2,1-2H3,(H,20,24)(H,21,25)(H,22,23). The second-order valence-electron chi connectivity index (χ2n) is 5.55. The quantitative estimate of drug-likeness (QED) is 0.620. The summed E-state index contributed by atoms with van der Waals surface area (Å²) >= 11 is 10.6. The van der Waals surface area contributed by atoms with Crippen molar-refractivity contribution in [3.63, 3.8) is 0 Å². The second-order valence-corrected chi connectivity index (χ2v) is 8.42. The number of carbonyl (C=O) groups is 3. The van der Waals surface area contributed by atoms with Gasteiger partial charge in [0.15, 0.2) is 0 Å². The number of anilines is 1. The third kappa shape index (κ3) is 5.82. The molecule has 0 spiro atoms. The lowest BCUT2D eigenvalue weighted by molar-refractivity contribution is -0.125. The molecule has 9 heteroatoms. The molecule has 3 N–H and O–H groups in total. The molecule has 1 unspecified atom stereocenters. The summed E-state index contributed by atoms with van der Waals surface area (Å²) in [6.45, 7) is 3.21. The van der Waals surface area contributed by atoms with Gasteiger partial charge in [-0.3, -0.25) is 14.4 Å². The van der Waals surface area contributed by atoms with Gasteiger partial charge in [0, 0.05) is 0 Å². The predicted molar refractivity (Wildman–Crippen MR) is 107 cm³/mol. The van der Waals surface area contributed by atoms with Crippen molar-refractivity contribution in [2.75, 3.05) is 11.9 Å². The van der Waals surface area contributed by atoms with Gasteiger partial charge in [-0.25, -0.2) is 0 Å². The molecule has 3 amide bonds. The number of aryl methyl sites for hydroxylation is 1. The Hall–Kier alpha value is -1.90.